The number of aliphatic hydroxyl groups excluding tert-OH is 1. The summed E-state index contributed by atoms with van der Waals surface area (Å²) in [5.41, 5.74) is 1.38. The Hall–Kier alpha value is -3.00. The molecule has 0 spiro atoms. The standard InChI is InChI=1S/C18H19FN2O3.CH2O2/c19-16-2-1-12(8-15(16)18(23)24)7-13-4-6-21(10-13)17-9-14(11-22)3-5-20-17;2-1-3/h1-3,5,8-9,13,22H,4,6-7,10-11H2,(H,23,24);1H,(H,2,3). The van der Waals surface area contributed by atoms with Crippen LogP contribution in [0.3, 0.4) is 0 Å². The fraction of sp³-hybridized carbons (Fsp3) is 0.316. The Labute approximate surface area is 155 Å². The molecule has 2 heterocycles. The number of aliphatic hydroxyl groups is 1. The van der Waals surface area contributed by atoms with Crippen molar-refractivity contribution in [2.45, 2.75) is 19.4 Å². The van der Waals surface area contributed by atoms with E-state index in [0.29, 0.717) is 12.3 Å². The predicted octanol–water partition coefficient (Wildman–Crippen LogP) is 2.18. The molecular formula is C19H21FN2O5. The molecule has 8 heteroatoms. The van der Waals surface area contributed by atoms with Gasteiger partial charge in [0, 0.05) is 19.3 Å². The number of halogens is 1. The van der Waals surface area contributed by atoms with Gasteiger partial charge in [0.2, 0.25) is 0 Å². The Morgan fingerprint density at radius 2 is 2.04 bits per heavy atom. The molecule has 144 valence electrons. The SMILES string of the molecule is O=C(O)c1cc(CC2CCN(c3cc(CO)ccn3)C2)ccc1F.O=CO. The Bertz CT molecular complexity index is 799. The quantitative estimate of drug-likeness (QED) is 0.686. The van der Waals surface area contributed by atoms with Crippen LogP contribution in [0, 0.1) is 11.7 Å². The highest BCUT2D eigenvalue weighted by Crippen LogP contribution is 2.26. The lowest BCUT2D eigenvalue weighted by molar-refractivity contribution is -0.122. The number of carboxylic acids is 1. The number of nitrogens with zero attached hydrogens (tertiary/aromatic N) is 2. The van der Waals surface area contributed by atoms with E-state index in [9.17, 15) is 14.3 Å². The van der Waals surface area contributed by atoms with Crippen LogP contribution in [0.2, 0.25) is 0 Å². The molecule has 27 heavy (non-hydrogen) atoms. The zero-order chi connectivity index (χ0) is 19.8. The lowest BCUT2D eigenvalue weighted by Crippen LogP contribution is -2.21. The molecule has 1 aliphatic heterocycles. The second-order valence-electron chi connectivity index (χ2n) is 6.21. The fourth-order valence-corrected chi connectivity index (χ4v) is 3.14. The lowest BCUT2D eigenvalue weighted by Gasteiger charge is -2.18. The van der Waals surface area contributed by atoms with E-state index in [1.165, 1.54) is 12.1 Å². The maximum Gasteiger partial charge on any atom is 0.338 e. The van der Waals surface area contributed by atoms with Gasteiger partial charge in [-0.3, -0.25) is 4.79 Å². The molecule has 1 saturated heterocycles. The highest BCUT2D eigenvalue weighted by atomic mass is 19.1. The molecule has 1 unspecified atom stereocenters. The third kappa shape index (κ3) is 5.49. The summed E-state index contributed by atoms with van der Waals surface area (Å²) in [7, 11) is 0. The number of carbonyl (C=O) groups is 2. The van der Waals surface area contributed by atoms with Crippen LogP contribution in [0.4, 0.5) is 10.2 Å². The molecule has 3 rings (SSSR count). The van der Waals surface area contributed by atoms with Crippen LogP contribution >= 0.6 is 0 Å². The minimum absolute atomic E-state index is 0.0136. The molecule has 0 amide bonds. The molecule has 1 aliphatic rings. The monoisotopic (exact) mass is 376 g/mol. The topological polar surface area (TPSA) is 111 Å². The number of hydrogen-bond donors (Lipinski definition) is 3. The molecule has 1 atom stereocenters. The largest absolute Gasteiger partial charge is 0.483 e. The van der Waals surface area contributed by atoms with Crippen LogP contribution in [0.15, 0.2) is 36.5 Å². The first-order valence-electron chi connectivity index (χ1n) is 8.38. The van der Waals surface area contributed by atoms with E-state index in [2.05, 4.69) is 9.88 Å². The molecule has 2 aromatic rings. The van der Waals surface area contributed by atoms with Crippen molar-refractivity contribution in [3.8, 4) is 0 Å². The summed E-state index contributed by atoms with van der Waals surface area (Å²) in [6, 6.07) is 7.95. The van der Waals surface area contributed by atoms with Gasteiger partial charge >= 0.3 is 5.97 Å². The second kappa shape index (κ2) is 9.63. The highest BCUT2D eigenvalue weighted by molar-refractivity contribution is 5.88. The smallest absolute Gasteiger partial charge is 0.338 e. The van der Waals surface area contributed by atoms with Crippen molar-refractivity contribution in [2.75, 3.05) is 18.0 Å². The van der Waals surface area contributed by atoms with Crippen LogP contribution in [-0.2, 0) is 17.8 Å². The van der Waals surface area contributed by atoms with Crippen molar-refractivity contribution in [3.05, 3.63) is 59.0 Å². The molecular weight excluding hydrogens is 355 g/mol. The third-order valence-electron chi connectivity index (χ3n) is 4.39. The van der Waals surface area contributed by atoms with Crippen molar-refractivity contribution in [3.63, 3.8) is 0 Å². The van der Waals surface area contributed by atoms with Crippen LogP contribution in [0.1, 0.15) is 27.9 Å². The maximum absolute atomic E-state index is 13.5. The number of aromatic nitrogens is 1. The van der Waals surface area contributed by atoms with Crippen LogP contribution in [0.25, 0.3) is 0 Å². The number of pyridine rings is 1. The lowest BCUT2D eigenvalue weighted by atomic mass is 9.97. The first-order chi connectivity index (χ1) is 13.0. The molecule has 0 aliphatic carbocycles. The molecule has 3 N–H and O–H groups in total. The van der Waals surface area contributed by atoms with Gasteiger partial charge in [0.15, 0.2) is 0 Å². The van der Waals surface area contributed by atoms with Crippen molar-refractivity contribution < 1.29 is 29.3 Å². The van der Waals surface area contributed by atoms with E-state index < -0.39 is 11.8 Å². The van der Waals surface area contributed by atoms with E-state index >= 15 is 0 Å². The van der Waals surface area contributed by atoms with Crippen LogP contribution < -0.4 is 4.90 Å². The number of hydrogen-bond acceptors (Lipinski definition) is 5. The summed E-state index contributed by atoms with van der Waals surface area (Å²) in [5, 5.41) is 25.1. The molecule has 1 fully saturated rings. The van der Waals surface area contributed by atoms with Crippen molar-refractivity contribution in [1.29, 1.82) is 0 Å². The van der Waals surface area contributed by atoms with Crippen LogP contribution in [0.5, 0.6) is 0 Å². The summed E-state index contributed by atoms with van der Waals surface area (Å²) in [6.45, 7) is 1.40. The van der Waals surface area contributed by atoms with Crippen molar-refractivity contribution in [1.82, 2.24) is 4.98 Å². The maximum atomic E-state index is 13.5. The second-order valence-corrected chi connectivity index (χ2v) is 6.21. The first-order valence-corrected chi connectivity index (χ1v) is 8.38. The van der Waals surface area contributed by atoms with E-state index in [1.807, 2.05) is 6.07 Å². The van der Waals surface area contributed by atoms with Gasteiger partial charge in [-0.2, -0.15) is 0 Å². The number of aromatic carboxylic acids is 1. The molecule has 0 bridgehead atoms. The number of benzene rings is 1. The Morgan fingerprint density at radius 3 is 2.70 bits per heavy atom. The van der Waals surface area contributed by atoms with Gasteiger partial charge in [0.25, 0.3) is 6.47 Å². The minimum Gasteiger partial charge on any atom is -0.483 e. The van der Waals surface area contributed by atoms with Crippen molar-refractivity contribution in [2.24, 2.45) is 5.92 Å². The number of anilines is 1. The van der Waals surface area contributed by atoms with Gasteiger partial charge in [0.1, 0.15) is 11.6 Å². The Kier molecular flexibility index (Phi) is 7.25. The zero-order valence-corrected chi connectivity index (χ0v) is 14.6. The van der Waals surface area contributed by atoms with E-state index in [4.69, 9.17) is 15.0 Å². The van der Waals surface area contributed by atoms with Crippen molar-refractivity contribution >= 4 is 18.3 Å². The minimum atomic E-state index is -1.24. The van der Waals surface area contributed by atoms with Gasteiger partial charge in [-0.15, -0.1) is 0 Å². The average molecular weight is 376 g/mol. The highest BCUT2D eigenvalue weighted by Gasteiger charge is 2.24. The molecule has 7 nitrogen and oxygen atoms in total. The summed E-state index contributed by atoms with van der Waals surface area (Å²) in [4.78, 5) is 25.9. The third-order valence-corrected chi connectivity index (χ3v) is 4.39. The van der Waals surface area contributed by atoms with Crippen LogP contribution in [-0.4, -0.2) is 45.8 Å². The summed E-state index contributed by atoms with van der Waals surface area (Å²) in [5.74, 6) is -0.747. The van der Waals surface area contributed by atoms with E-state index in [-0.39, 0.29) is 18.6 Å². The van der Waals surface area contributed by atoms with Gasteiger partial charge in [-0.05, 0) is 54.2 Å². The van der Waals surface area contributed by atoms with Gasteiger partial charge < -0.3 is 20.2 Å². The summed E-state index contributed by atoms with van der Waals surface area (Å²) in [6.07, 6.45) is 3.36. The predicted molar refractivity (Wildman–Crippen MR) is 96.2 cm³/mol. The zero-order valence-electron chi connectivity index (χ0n) is 14.6. The fourth-order valence-electron chi connectivity index (χ4n) is 3.14. The van der Waals surface area contributed by atoms with Gasteiger partial charge in [0.05, 0.1) is 12.2 Å². The number of carboxylic acid groups (broad SMARTS) is 2. The van der Waals surface area contributed by atoms with E-state index in [0.717, 1.165) is 36.5 Å². The summed E-state index contributed by atoms with van der Waals surface area (Å²) < 4.78 is 13.5. The molecule has 1 aromatic heterocycles. The first kappa shape index (κ1) is 20.3. The van der Waals surface area contributed by atoms with Gasteiger partial charge in [-0.25, -0.2) is 14.2 Å². The Morgan fingerprint density at radius 1 is 1.30 bits per heavy atom. The average Bonchev–Trinajstić information content (AvgIpc) is 3.12. The normalized spacial score (nSPS) is 15.8. The van der Waals surface area contributed by atoms with Gasteiger partial charge in [-0.1, -0.05) is 6.07 Å². The Balaban J connectivity index is 0.000000817. The summed E-state index contributed by atoms with van der Waals surface area (Å²) >= 11 is 0. The molecule has 0 radical (unpaired) electrons. The molecule has 0 saturated carbocycles. The number of rotatable bonds is 5. The molecule has 1 aromatic carbocycles. The van der Waals surface area contributed by atoms with E-state index in [1.54, 1.807) is 18.3 Å².